The van der Waals surface area contributed by atoms with Crippen LogP contribution in [0.4, 0.5) is 0 Å². The van der Waals surface area contributed by atoms with Crippen molar-refractivity contribution < 1.29 is 18.0 Å². The molecule has 1 saturated carbocycles. The Labute approximate surface area is 198 Å². The van der Waals surface area contributed by atoms with Gasteiger partial charge in [-0.05, 0) is 49.0 Å². The summed E-state index contributed by atoms with van der Waals surface area (Å²) in [7, 11) is -3.99. The Hall–Kier alpha value is -3.51. The second-order valence-corrected chi connectivity index (χ2v) is 10.9. The van der Waals surface area contributed by atoms with Gasteiger partial charge in [0.05, 0.1) is 16.2 Å². The van der Waals surface area contributed by atoms with E-state index in [-0.39, 0.29) is 16.4 Å². The summed E-state index contributed by atoms with van der Waals surface area (Å²) >= 11 is 0. The van der Waals surface area contributed by atoms with E-state index in [1.165, 1.54) is 15.7 Å². The molecule has 6 rings (SSSR count). The van der Waals surface area contributed by atoms with E-state index in [0.29, 0.717) is 34.4 Å². The summed E-state index contributed by atoms with van der Waals surface area (Å²) in [6.07, 6.45) is 7.93. The molecule has 0 saturated heterocycles. The van der Waals surface area contributed by atoms with Gasteiger partial charge in [-0.1, -0.05) is 66.6 Å². The molecule has 1 fully saturated rings. The van der Waals surface area contributed by atoms with E-state index in [2.05, 4.69) is 6.08 Å². The zero-order valence-electron chi connectivity index (χ0n) is 18.5. The van der Waals surface area contributed by atoms with Crippen molar-refractivity contribution in [2.45, 2.75) is 37.0 Å². The van der Waals surface area contributed by atoms with Gasteiger partial charge in [-0.25, -0.2) is 12.4 Å². The quantitative estimate of drug-likeness (QED) is 0.379. The number of rotatable bonds is 3. The van der Waals surface area contributed by atoms with Crippen molar-refractivity contribution in [3.63, 3.8) is 0 Å². The van der Waals surface area contributed by atoms with Gasteiger partial charge in [0.15, 0.2) is 0 Å². The van der Waals surface area contributed by atoms with Gasteiger partial charge in [-0.2, -0.15) is 0 Å². The topological polar surface area (TPSA) is 73.2 Å². The number of nitrogens with zero attached hydrogens (tertiary/aromatic N) is 1. The zero-order valence-corrected chi connectivity index (χ0v) is 19.3. The van der Waals surface area contributed by atoms with Crippen molar-refractivity contribution in [3.05, 3.63) is 95.3 Å². The third kappa shape index (κ3) is 3.02. The van der Waals surface area contributed by atoms with Gasteiger partial charge >= 0.3 is 0 Å². The van der Waals surface area contributed by atoms with Crippen LogP contribution in [0.2, 0.25) is 0 Å². The minimum absolute atomic E-state index is 0.0925. The summed E-state index contributed by atoms with van der Waals surface area (Å²) in [5.74, 6) is -1.18. The number of carbonyl (C=O) groups excluding carboxylic acids is 2. The Morgan fingerprint density at radius 2 is 1.56 bits per heavy atom. The Bertz CT molecular complexity index is 1510. The molecule has 3 aromatic rings. The van der Waals surface area contributed by atoms with Gasteiger partial charge in [0.25, 0.3) is 10.0 Å². The lowest BCUT2D eigenvalue weighted by molar-refractivity contribution is -0.112. The van der Waals surface area contributed by atoms with Crippen LogP contribution in [0.25, 0.3) is 16.7 Å². The van der Waals surface area contributed by atoms with Crippen LogP contribution in [-0.2, 0) is 14.8 Å². The van der Waals surface area contributed by atoms with Gasteiger partial charge < -0.3 is 0 Å². The highest BCUT2D eigenvalue weighted by Gasteiger charge is 2.44. The van der Waals surface area contributed by atoms with Crippen LogP contribution in [0.1, 0.15) is 48.2 Å². The van der Waals surface area contributed by atoms with E-state index in [1.54, 1.807) is 30.3 Å². The molecule has 0 aliphatic heterocycles. The zero-order chi connectivity index (χ0) is 23.4. The third-order valence-corrected chi connectivity index (χ3v) is 8.89. The number of fused-ring (bicyclic) bond motifs is 4. The first kappa shape index (κ1) is 21.1. The first-order valence-corrected chi connectivity index (χ1v) is 13.0. The van der Waals surface area contributed by atoms with Crippen molar-refractivity contribution in [2.75, 3.05) is 0 Å². The minimum Gasteiger partial charge on any atom is -0.285 e. The first-order valence-electron chi connectivity index (χ1n) is 11.6. The van der Waals surface area contributed by atoms with Crippen LogP contribution in [0.5, 0.6) is 0 Å². The molecule has 3 aliphatic rings. The number of aromatic nitrogens is 1. The molecule has 0 spiro atoms. The Morgan fingerprint density at radius 1 is 0.853 bits per heavy atom. The molecular weight excluding hydrogens is 446 g/mol. The lowest BCUT2D eigenvalue weighted by atomic mass is 9.69. The average molecular weight is 470 g/mol. The van der Waals surface area contributed by atoms with Gasteiger partial charge in [0, 0.05) is 23.3 Å². The number of hydrogen-bond acceptors (Lipinski definition) is 4. The molecule has 0 radical (unpaired) electrons. The number of allylic oxidation sites excluding steroid dienone is 4. The Balaban J connectivity index is 1.67. The van der Waals surface area contributed by atoms with Gasteiger partial charge in [0.2, 0.25) is 11.6 Å². The second-order valence-electron chi connectivity index (χ2n) is 9.08. The lowest BCUT2D eigenvalue weighted by Gasteiger charge is -2.34. The summed E-state index contributed by atoms with van der Waals surface area (Å²) in [5, 5.41) is 0. The maximum absolute atomic E-state index is 13.8. The predicted molar refractivity (Wildman–Crippen MR) is 130 cm³/mol. The first-order chi connectivity index (χ1) is 16.5. The van der Waals surface area contributed by atoms with E-state index in [9.17, 15) is 18.0 Å². The standard InChI is InChI=1S/C28H23NO4S/c30-27-24-21-14-8-7-11-19(21)15-16-22(24)26-25(28(27)31)23(18-9-3-1-4-10-18)17-29(26)34(32,33)20-12-5-2-6-13-20/h1-6,9-10,12-13,15,17,21H,7-8,11,14,16H2. The average Bonchev–Trinajstić information content (AvgIpc) is 3.30. The maximum atomic E-state index is 13.8. The molecule has 34 heavy (non-hydrogen) atoms. The number of carbonyl (C=O) groups is 2. The van der Waals surface area contributed by atoms with Crippen LogP contribution in [0.15, 0.2) is 89.0 Å². The molecule has 0 N–H and O–H groups in total. The predicted octanol–water partition coefficient (Wildman–Crippen LogP) is 5.43. The molecule has 170 valence electrons. The van der Waals surface area contributed by atoms with E-state index in [1.807, 2.05) is 30.3 Å². The van der Waals surface area contributed by atoms with Crippen molar-refractivity contribution in [2.24, 2.45) is 5.92 Å². The largest absolute Gasteiger partial charge is 0.285 e. The fourth-order valence-corrected chi connectivity index (χ4v) is 7.06. The molecule has 0 bridgehead atoms. The summed E-state index contributed by atoms with van der Waals surface area (Å²) in [6, 6.07) is 17.4. The monoisotopic (exact) mass is 469 g/mol. The lowest BCUT2D eigenvalue weighted by Crippen LogP contribution is -2.32. The van der Waals surface area contributed by atoms with Gasteiger partial charge in [-0.3, -0.25) is 9.59 Å². The van der Waals surface area contributed by atoms with E-state index < -0.39 is 21.6 Å². The van der Waals surface area contributed by atoms with Crippen molar-refractivity contribution in [1.29, 1.82) is 0 Å². The van der Waals surface area contributed by atoms with Crippen molar-refractivity contribution in [1.82, 2.24) is 3.97 Å². The minimum atomic E-state index is -3.99. The molecule has 0 amide bonds. The number of ketones is 2. The molecule has 5 nitrogen and oxygen atoms in total. The summed E-state index contributed by atoms with van der Waals surface area (Å²) < 4.78 is 28.9. The third-order valence-electron chi connectivity index (χ3n) is 7.22. The fraction of sp³-hybridized carbons (Fsp3) is 0.214. The molecule has 6 heteroatoms. The smallest absolute Gasteiger partial charge is 0.268 e. The summed E-state index contributed by atoms with van der Waals surface area (Å²) in [4.78, 5) is 27.2. The fourth-order valence-electron chi connectivity index (χ4n) is 5.65. The highest BCUT2D eigenvalue weighted by Crippen LogP contribution is 2.49. The van der Waals surface area contributed by atoms with E-state index in [4.69, 9.17) is 0 Å². The van der Waals surface area contributed by atoms with Crippen LogP contribution in [0, 0.1) is 5.92 Å². The van der Waals surface area contributed by atoms with Crippen molar-refractivity contribution in [3.8, 4) is 11.1 Å². The molecule has 3 aliphatic carbocycles. The number of hydrogen-bond donors (Lipinski definition) is 0. The van der Waals surface area contributed by atoms with Gasteiger partial charge in [-0.15, -0.1) is 0 Å². The second kappa shape index (κ2) is 7.77. The highest BCUT2D eigenvalue weighted by molar-refractivity contribution is 7.90. The molecule has 1 heterocycles. The van der Waals surface area contributed by atoms with Crippen LogP contribution >= 0.6 is 0 Å². The molecule has 1 atom stereocenters. The number of Topliss-reactive ketones (excluding diaryl/α,β-unsaturated/α-hetero) is 2. The maximum Gasteiger partial charge on any atom is 0.268 e. The van der Waals surface area contributed by atoms with Crippen molar-refractivity contribution >= 4 is 27.2 Å². The van der Waals surface area contributed by atoms with Crippen LogP contribution in [0.3, 0.4) is 0 Å². The molecular formula is C28H23NO4S. The van der Waals surface area contributed by atoms with E-state index >= 15 is 0 Å². The van der Waals surface area contributed by atoms with E-state index in [0.717, 1.165) is 25.7 Å². The normalized spacial score (nSPS) is 19.9. The highest BCUT2D eigenvalue weighted by atomic mass is 32.2. The molecule has 1 aromatic heterocycles. The van der Waals surface area contributed by atoms with Gasteiger partial charge in [0.1, 0.15) is 0 Å². The summed E-state index contributed by atoms with van der Waals surface area (Å²) in [5.41, 5.74) is 4.12. The Morgan fingerprint density at radius 3 is 2.29 bits per heavy atom. The molecule has 2 aromatic carbocycles. The Kier molecular flexibility index (Phi) is 4.81. The van der Waals surface area contributed by atoms with Crippen LogP contribution < -0.4 is 0 Å². The van der Waals surface area contributed by atoms with Crippen LogP contribution in [-0.4, -0.2) is 24.0 Å². The SMILES string of the molecule is O=C1C(=O)c2c(-c3ccccc3)cn(S(=O)(=O)c3ccccc3)c2C2=C1C1CCCCC1=CC2. The number of benzene rings is 2. The molecule has 1 unspecified atom stereocenters. The summed E-state index contributed by atoms with van der Waals surface area (Å²) in [6.45, 7) is 0.